The van der Waals surface area contributed by atoms with E-state index in [9.17, 15) is 9.59 Å². The second-order valence-electron chi connectivity index (χ2n) is 4.18. The molecule has 1 aromatic rings. The number of aromatic nitrogens is 2. The van der Waals surface area contributed by atoms with Gasteiger partial charge < -0.3 is 4.74 Å². The van der Waals surface area contributed by atoms with Crippen molar-refractivity contribution in [3.63, 3.8) is 0 Å². The van der Waals surface area contributed by atoms with E-state index in [4.69, 9.17) is 4.74 Å². The van der Waals surface area contributed by atoms with Crippen LogP contribution in [-0.2, 0) is 4.74 Å². The van der Waals surface area contributed by atoms with Crippen LogP contribution in [0.25, 0.3) is 0 Å². The Labute approximate surface area is 106 Å². The summed E-state index contributed by atoms with van der Waals surface area (Å²) in [5, 5.41) is 0. The summed E-state index contributed by atoms with van der Waals surface area (Å²) in [5.74, 6) is 0. The minimum Gasteiger partial charge on any atom is -0.354 e. The van der Waals surface area contributed by atoms with Gasteiger partial charge in [-0.1, -0.05) is 26.3 Å². The largest absolute Gasteiger partial charge is 0.354 e. The summed E-state index contributed by atoms with van der Waals surface area (Å²) in [6.45, 7) is 7.97. The van der Waals surface area contributed by atoms with Crippen molar-refractivity contribution in [1.29, 1.82) is 0 Å². The molecule has 0 bridgehead atoms. The fourth-order valence-electron chi connectivity index (χ4n) is 1.59. The van der Waals surface area contributed by atoms with E-state index in [1.165, 1.54) is 10.8 Å². The number of hydrogen-bond donors (Lipinski definition) is 1. The normalized spacial score (nSPS) is 12.3. The van der Waals surface area contributed by atoms with E-state index in [1.54, 1.807) is 13.0 Å². The predicted octanol–water partition coefficient (Wildman–Crippen LogP) is 1.74. The Morgan fingerprint density at radius 3 is 2.83 bits per heavy atom. The van der Waals surface area contributed by atoms with Crippen LogP contribution in [0.5, 0.6) is 0 Å². The van der Waals surface area contributed by atoms with Crippen molar-refractivity contribution >= 4 is 0 Å². The van der Waals surface area contributed by atoms with Gasteiger partial charge in [-0.15, -0.1) is 0 Å². The van der Waals surface area contributed by atoms with E-state index in [2.05, 4.69) is 18.5 Å². The van der Waals surface area contributed by atoms with Gasteiger partial charge in [0, 0.05) is 18.4 Å². The molecule has 0 saturated heterocycles. The SMILES string of the molecule is C=C[C@H](OCCCCC)n1cc(C)c(=O)[nH]c1=O. The molecule has 1 heterocycles. The molecule has 0 aliphatic heterocycles. The van der Waals surface area contributed by atoms with Gasteiger partial charge in [0.15, 0.2) is 6.23 Å². The van der Waals surface area contributed by atoms with Crippen LogP contribution in [0.15, 0.2) is 28.4 Å². The average molecular weight is 252 g/mol. The molecule has 0 spiro atoms. The second kappa shape index (κ2) is 6.96. The molecular weight excluding hydrogens is 232 g/mol. The van der Waals surface area contributed by atoms with Gasteiger partial charge in [0.2, 0.25) is 0 Å². The van der Waals surface area contributed by atoms with Gasteiger partial charge in [-0.3, -0.25) is 14.3 Å². The summed E-state index contributed by atoms with van der Waals surface area (Å²) in [7, 11) is 0. The van der Waals surface area contributed by atoms with E-state index < -0.39 is 11.9 Å². The Morgan fingerprint density at radius 2 is 2.22 bits per heavy atom. The number of nitrogens with one attached hydrogen (secondary N) is 1. The lowest BCUT2D eigenvalue weighted by atomic mass is 10.3. The lowest BCUT2D eigenvalue weighted by Crippen LogP contribution is -2.33. The average Bonchev–Trinajstić information content (AvgIpc) is 2.35. The monoisotopic (exact) mass is 252 g/mol. The predicted molar refractivity (Wildman–Crippen MR) is 70.8 cm³/mol. The van der Waals surface area contributed by atoms with E-state index in [0.29, 0.717) is 12.2 Å². The fraction of sp³-hybridized carbons (Fsp3) is 0.538. The number of rotatable bonds is 7. The molecule has 0 radical (unpaired) electrons. The standard InChI is InChI=1S/C13H20N2O3/c1-4-6-7-8-18-11(5-2)15-9-10(3)12(16)14-13(15)17/h5,9,11H,2,4,6-8H2,1,3H3,(H,14,16,17)/t11-/m0/s1. The zero-order valence-corrected chi connectivity index (χ0v) is 10.9. The Kier molecular flexibility index (Phi) is 5.58. The molecule has 0 saturated carbocycles. The van der Waals surface area contributed by atoms with Gasteiger partial charge in [-0.25, -0.2) is 4.79 Å². The number of aromatic amines is 1. The first-order valence-corrected chi connectivity index (χ1v) is 6.16. The van der Waals surface area contributed by atoms with Crippen LogP contribution >= 0.6 is 0 Å². The van der Waals surface area contributed by atoms with E-state index >= 15 is 0 Å². The molecule has 1 N–H and O–H groups in total. The van der Waals surface area contributed by atoms with Crippen molar-refractivity contribution in [2.45, 2.75) is 39.3 Å². The maximum Gasteiger partial charge on any atom is 0.330 e. The topological polar surface area (TPSA) is 64.1 Å². The first kappa shape index (κ1) is 14.4. The molecule has 1 atom stereocenters. The van der Waals surface area contributed by atoms with E-state index in [-0.39, 0.29) is 5.56 Å². The maximum absolute atomic E-state index is 11.7. The number of aryl methyl sites for hydroxylation is 1. The van der Waals surface area contributed by atoms with Crippen LogP contribution < -0.4 is 11.2 Å². The lowest BCUT2D eigenvalue weighted by Gasteiger charge is -2.16. The van der Waals surface area contributed by atoms with Crippen molar-refractivity contribution in [1.82, 2.24) is 9.55 Å². The molecule has 18 heavy (non-hydrogen) atoms. The van der Waals surface area contributed by atoms with Gasteiger partial charge >= 0.3 is 5.69 Å². The maximum atomic E-state index is 11.7. The summed E-state index contributed by atoms with van der Waals surface area (Å²) in [6, 6.07) is 0. The molecule has 0 amide bonds. The summed E-state index contributed by atoms with van der Waals surface area (Å²) >= 11 is 0. The van der Waals surface area contributed by atoms with Crippen LogP contribution in [0.3, 0.4) is 0 Å². The van der Waals surface area contributed by atoms with Crippen molar-refractivity contribution in [2.75, 3.05) is 6.61 Å². The van der Waals surface area contributed by atoms with Crippen LogP contribution in [0, 0.1) is 6.92 Å². The number of ether oxygens (including phenoxy) is 1. The second-order valence-corrected chi connectivity index (χ2v) is 4.18. The highest BCUT2D eigenvalue weighted by Gasteiger charge is 2.10. The van der Waals surface area contributed by atoms with Crippen molar-refractivity contribution in [2.24, 2.45) is 0 Å². The molecule has 1 aromatic heterocycles. The van der Waals surface area contributed by atoms with Gasteiger partial charge in [-0.2, -0.15) is 0 Å². The Balaban J connectivity index is 2.82. The summed E-state index contributed by atoms with van der Waals surface area (Å²) in [4.78, 5) is 25.2. The van der Waals surface area contributed by atoms with E-state index in [0.717, 1.165) is 19.3 Å². The molecular formula is C13H20N2O3. The number of unbranched alkanes of at least 4 members (excludes halogenated alkanes) is 2. The summed E-state index contributed by atoms with van der Waals surface area (Å²) < 4.78 is 6.92. The summed E-state index contributed by atoms with van der Waals surface area (Å²) in [5.41, 5.74) is -0.380. The summed E-state index contributed by atoms with van der Waals surface area (Å²) in [6.07, 6.45) is 5.64. The van der Waals surface area contributed by atoms with Crippen LogP contribution in [0.4, 0.5) is 0 Å². The Morgan fingerprint density at radius 1 is 1.50 bits per heavy atom. The third-order valence-corrected chi connectivity index (χ3v) is 2.66. The zero-order valence-electron chi connectivity index (χ0n) is 10.9. The van der Waals surface area contributed by atoms with Crippen LogP contribution in [-0.4, -0.2) is 16.2 Å². The highest BCUT2D eigenvalue weighted by atomic mass is 16.5. The fourth-order valence-corrected chi connectivity index (χ4v) is 1.59. The lowest BCUT2D eigenvalue weighted by molar-refractivity contribution is 0.0320. The zero-order chi connectivity index (χ0) is 13.5. The smallest absolute Gasteiger partial charge is 0.330 e. The molecule has 0 aliphatic rings. The van der Waals surface area contributed by atoms with Crippen molar-refractivity contribution < 1.29 is 4.74 Å². The van der Waals surface area contributed by atoms with Crippen LogP contribution in [0.2, 0.25) is 0 Å². The minimum absolute atomic E-state index is 0.370. The Bertz CT molecular complexity index is 502. The quantitative estimate of drug-likeness (QED) is 0.594. The van der Waals surface area contributed by atoms with Crippen molar-refractivity contribution in [3.05, 3.63) is 45.3 Å². The van der Waals surface area contributed by atoms with E-state index in [1.807, 2.05) is 0 Å². The van der Waals surface area contributed by atoms with Gasteiger partial charge in [-0.05, 0) is 19.4 Å². The molecule has 100 valence electrons. The molecule has 1 rings (SSSR count). The third-order valence-electron chi connectivity index (χ3n) is 2.66. The van der Waals surface area contributed by atoms with Gasteiger partial charge in [0.1, 0.15) is 0 Å². The number of nitrogens with zero attached hydrogens (tertiary/aromatic N) is 1. The highest BCUT2D eigenvalue weighted by molar-refractivity contribution is 5.02. The first-order chi connectivity index (χ1) is 8.60. The minimum atomic E-state index is -0.537. The van der Waals surface area contributed by atoms with Crippen molar-refractivity contribution in [3.8, 4) is 0 Å². The third kappa shape index (κ3) is 3.70. The number of hydrogen-bond acceptors (Lipinski definition) is 3. The van der Waals surface area contributed by atoms with Crippen LogP contribution in [0.1, 0.15) is 38.0 Å². The van der Waals surface area contributed by atoms with Gasteiger partial charge in [0.05, 0.1) is 0 Å². The highest BCUT2D eigenvalue weighted by Crippen LogP contribution is 2.08. The first-order valence-electron chi connectivity index (χ1n) is 6.16. The molecule has 5 nitrogen and oxygen atoms in total. The van der Waals surface area contributed by atoms with Gasteiger partial charge in [0.25, 0.3) is 5.56 Å². The molecule has 0 aromatic carbocycles. The number of H-pyrrole nitrogens is 1. The molecule has 5 heteroatoms. The molecule has 0 fully saturated rings. The molecule has 0 aliphatic carbocycles. The Hall–Kier alpha value is -1.62. The molecule has 0 unspecified atom stereocenters.